The molecular weight excluding hydrogens is 338 g/mol. The highest BCUT2D eigenvalue weighted by Crippen LogP contribution is 2.25. The Morgan fingerprint density at radius 2 is 2.09 bits per heavy atom. The highest BCUT2D eigenvalue weighted by atomic mass is 35.5. The van der Waals surface area contributed by atoms with Gasteiger partial charge in [0, 0.05) is 14.1 Å². The molecule has 0 heterocycles. The molecule has 1 atom stereocenters. The fourth-order valence-electron chi connectivity index (χ4n) is 2.31. The largest absolute Gasteiger partial charge is 0.462 e. The molecule has 1 aliphatic carbocycles. The SMILES string of the molecule is CN(C)S(=O)(=O)c1cc(C(=O)OCC2CC=CCC2)ccc1Cl. The summed E-state index contributed by atoms with van der Waals surface area (Å²) in [5.41, 5.74) is 0.182. The van der Waals surface area contributed by atoms with Gasteiger partial charge in [-0.25, -0.2) is 17.5 Å². The van der Waals surface area contributed by atoms with E-state index < -0.39 is 16.0 Å². The molecule has 0 N–H and O–H groups in total. The maximum atomic E-state index is 12.2. The third kappa shape index (κ3) is 4.34. The molecule has 1 aromatic rings. The van der Waals surface area contributed by atoms with E-state index in [9.17, 15) is 13.2 Å². The number of nitrogens with zero attached hydrogens (tertiary/aromatic N) is 1. The molecule has 126 valence electrons. The Labute approximate surface area is 141 Å². The molecule has 0 aromatic heterocycles. The standard InChI is InChI=1S/C16H20ClNO4S/c1-18(2)23(20,21)15-10-13(8-9-14(15)17)16(19)22-11-12-6-4-3-5-7-12/h3-4,8-10,12H,5-7,11H2,1-2H3. The van der Waals surface area contributed by atoms with Crippen molar-refractivity contribution in [2.24, 2.45) is 5.92 Å². The lowest BCUT2D eigenvalue weighted by atomic mass is 9.95. The predicted octanol–water partition coefficient (Wildman–Crippen LogP) is 3.10. The number of hydrogen-bond donors (Lipinski definition) is 0. The minimum atomic E-state index is -3.71. The summed E-state index contributed by atoms with van der Waals surface area (Å²) in [6.45, 7) is 0.335. The van der Waals surface area contributed by atoms with Gasteiger partial charge in [0.25, 0.3) is 0 Å². The lowest BCUT2D eigenvalue weighted by molar-refractivity contribution is 0.0432. The van der Waals surface area contributed by atoms with Crippen molar-refractivity contribution in [2.75, 3.05) is 20.7 Å². The number of allylic oxidation sites excluding steroid dienone is 2. The van der Waals surface area contributed by atoms with Crippen LogP contribution in [0.25, 0.3) is 0 Å². The summed E-state index contributed by atoms with van der Waals surface area (Å²) in [7, 11) is -0.895. The van der Waals surface area contributed by atoms with Crippen LogP contribution in [0.2, 0.25) is 5.02 Å². The van der Waals surface area contributed by atoms with Crippen LogP contribution >= 0.6 is 11.6 Å². The summed E-state index contributed by atoms with van der Waals surface area (Å²) >= 11 is 5.96. The van der Waals surface area contributed by atoms with Crippen molar-refractivity contribution in [3.8, 4) is 0 Å². The molecule has 1 aliphatic rings. The Morgan fingerprint density at radius 1 is 1.35 bits per heavy atom. The Balaban J connectivity index is 2.13. The molecule has 7 heteroatoms. The summed E-state index contributed by atoms with van der Waals surface area (Å²) in [4.78, 5) is 12.1. The molecule has 2 rings (SSSR count). The Morgan fingerprint density at radius 3 is 2.70 bits per heavy atom. The van der Waals surface area contributed by atoms with E-state index >= 15 is 0 Å². The summed E-state index contributed by atoms with van der Waals surface area (Å²) < 4.78 is 30.8. The van der Waals surface area contributed by atoms with Crippen molar-refractivity contribution in [1.29, 1.82) is 0 Å². The second-order valence-electron chi connectivity index (χ2n) is 5.68. The van der Waals surface area contributed by atoms with Crippen molar-refractivity contribution < 1.29 is 17.9 Å². The number of carbonyl (C=O) groups is 1. The molecule has 23 heavy (non-hydrogen) atoms. The molecule has 0 fully saturated rings. The van der Waals surface area contributed by atoms with Gasteiger partial charge in [-0.3, -0.25) is 0 Å². The minimum Gasteiger partial charge on any atom is -0.462 e. The normalized spacial score (nSPS) is 18.2. The fraction of sp³-hybridized carbons (Fsp3) is 0.438. The van der Waals surface area contributed by atoms with Crippen LogP contribution in [0.4, 0.5) is 0 Å². The summed E-state index contributed by atoms with van der Waals surface area (Å²) in [5, 5.41) is 0.0765. The zero-order valence-electron chi connectivity index (χ0n) is 13.2. The average Bonchev–Trinajstić information content (AvgIpc) is 2.53. The molecule has 0 saturated heterocycles. The number of ether oxygens (including phenoxy) is 1. The second-order valence-corrected chi connectivity index (χ2v) is 8.21. The quantitative estimate of drug-likeness (QED) is 0.600. The van der Waals surface area contributed by atoms with Crippen LogP contribution in [-0.4, -0.2) is 39.4 Å². The third-order valence-corrected chi connectivity index (χ3v) is 6.05. The van der Waals surface area contributed by atoms with Crippen LogP contribution in [0, 0.1) is 5.92 Å². The number of halogens is 1. The van der Waals surface area contributed by atoms with E-state index in [4.69, 9.17) is 16.3 Å². The topological polar surface area (TPSA) is 63.7 Å². The van der Waals surface area contributed by atoms with Crippen LogP contribution < -0.4 is 0 Å². The molecular formula is C16H20ClNO4S. The van der Waals surface area contributed by atoms with E-state index in [-0.39, 0.29) is 15.5 Å². The van der Waals surface area contributed by atoms with Crippen molar-refractivity contribution in [1.82, 2.24) is 4.31 Å². The van der Waals surface area contributed by atoms with E-state index in [0.717, 1.165) is 23.6 Å². The lowest BCUT2D eigenvalue weighted by Crippen LogP contribution is -2.23. The van der Waals surface area contributed by atoms with Crippen molar-refractivity contribution in [3.05, 3.63) is 40.9 Å². The van der Waals surface area contributed by atoms with Crippen molar-refractivity contribution in [2.45, 2.75) is 24.2 Å². The van der Waals surface area contributed by atoms with E-state index in [0.29, 0.717) is 12.5 Å². The molecule has 1 aromatic carbocycles. The van der Waals surface area contributed by atoms with Gasteiger partial charge in [0.15, 0.2) is 0 Å². The van der Waals surface area contributed by atoms with Crippen LogP contribution in [0.5, 0.6) is 0 Å². The lowest BCUT2D eigenvalue weighted by Gasteiger charge is -2.18. The summed E-state index contributed by atoms with van der Waals surface area (Å²) in [5.74, 6) is -0.215. The average molecular weight is 358 g/mol. The van der Waals surface area contributed by atoms with Crippen molar-refractivity contribution in [3.63, 3.8) is 0 Å². The molecule has 1 unspecified atom stereocenters. The molecule has 0 aliphatic heterocycles. The van der Waals surface area contributed by atoms with Gasteiger partial charge in [-0.2, -0.15) is 0 Å². The fourth-order valence-corrected chi connectivity index (χ4v) is 3.70. The van der Waals surface area contributed by atoms with Crippen LogP contribution in [0.15, 0.2) is 35.2 Å². The van der Waals surface area contributed by atoms with Gasteiger partial charge in [-0.15, -0.1) is 0 Å². The first-order chi connectivity index (χ1) is 10.8. The zero-order valence-corrected chi connectivity index (χ0v) is 14.7. The third-order valence-electron chi connectivity index (χ3n) is 3.75. The number of carbonyl (C=O) groups excluding carboxylic acids is 1. The first-order valence-corrected chi connectivity index (χ1v) is 9.18. The van der Waals surface area contributed by atoms with Crippen molar-refractivity contribution >= 4 is 27.6 Å². The number of rotatable bonds is 5. The minimum absolute atomic E-state index is 0.0765. The van der Waals surface area contributed by atoms with E-state index in [1.807, 2.05) is 0 Å². The Kier molecular flexibility index (Phi) is 5.84. The van der Waals surface area contributed by atoms with E-state index in [1.165, 1.54) is 32.3 Å². The number of hydrogen-bond acceptors (Lipinski definition) is 4. The molecule has 0 spiro atoms. The van der Waals surface area contributed by atoms with Gasteiger partial charge in [-0.05, 0) is 43.4 Å². The zero-order chi connectivity index (χ0) is 17.0. The molecule has 0 radical (unpaired) electrons. The van der Waals surface area contributed by atoms with E-state index in [1.54, 1.807) is 0 Å². The first-order valence-electron chi connectivity index (χ1n) is 7.36. The molecule has 5 nitrogen and oxygen atoms in total. The second kappa shape index (κ2) is 7.47. The van der Waals surface area contributed by atoms with Gasteiger partial charge in [-0.1, -0.05) is 23.8 Å². The number of benzene rings is 1. The summed E-state index contributed by atoms with van der Waals surface area (Å²) in [6, 6.07) is 4.14. The first kappa shape index (κ1) is 18.0. The molecule has 0 amide bonds. The Bertz CT molecular complexity index is 713. The van der Waals surface area contributed by atoms with Crippen LogP contribution in [0.3, 0.4) is 0 Å². The highest BCUT2D eigenvalue weighted by molar-refractivity contribution is 7.89. The molecule has 0 bridgehead atoms. The smallest absolute Gasteiger partial charge is 0.338 e. The van der Waals surface area contributed by atoms with Crippen LogP contribution in [0.1, 0.15) is 29.6 Å². The highest BCUT2D eigenvalue weighted by Gasteiger charge is 2.23. The maximum Gasteiger partial charge on any atom is 0.338 e. The monoisotopic (exact) mass is 357 g/mol. The Hall–Kier alpha value is -1.37. The van der Waals surface area contributed by atoms with Gasteiger partial charge in [0.1, 0.15) is 4.90 Å². The van der Waals surface area contributed by atoms with Gasteiger partial charge in [0.05, 0.1) is 17.2 Å². The van der Waals surface area contributed by atoms with Crippen LogP contribution in [-0.2, 0) is 14.8 Å². The maximum absolute atomic E-state index is 12.2. The van der Waals surface area contributed by atoms with Gasteiger partial charge < -0.3 is 4.74 Å². The molecule has 0 saturated carbocycles. The number of sulfonamides is 1. The van der Waals surface area contributed by atoms with E-state index in [2.05, 4.69) is 12.2 Å². The number of esters is 1. The summed E-state index contributed by atoms with van der Waals surface area (Å²) in [6.07, 6.45) is 7.09. The van der Waals surface area contributed by atoms with Gasteiger partial charge in [0.2, 0.25) is 10.0 Å². The van der Waals surface area contributed by atoms with Gasteiger partial charge >= 0.3 is 5.97 Å². The predicted molar refractivity (Wildman–Crippen MR) is 89.1 cm³/mol.